The Morgan fingerprint density at radius 2 is 1.94 bits per heavy atom. The SMILES string of the molecule is CCN(CCN(C)C)c1ccc(Nc2ncc(Cl)c(-c3c[nH]c4ccccc34)n2)cc1NC(C)=O. The van der Waals surface area contributed by atoms with Crippen LogP contribution in [0.2, 0.25) is 5.02 Å². The second kappa shape index (κ2) is 10.8. The van der Waals surface area contributed by atoms with Gasteiger partial charge in [0.25, 0.3) is 0 Å². The second-order valence-electron chi connectivity index (χ2n) is 8.56. The van der Waals surface area contributed by atoms with E-state index in [4.69, 9.17) is 16.6 Å². The number of benzene rings is 2. The topological polar surface area (TPSA) is 89.2 Å². The molecule has 0 saturated heterocycles. The highest BCUT2D eigenvalue weighted by Gasteiger charge is 2.15. The summed E-state index contributed by atoms with van der Waals surface area (Å²) < 4.78 is 0. The maximum absolute atomic E-state index is 11.9. The standard InChI is InChI=1S/C26H30ClN7O/c1-5-34(13-12-33(3)4)24-11-10-18(14-23(24)30-17(2)35)31-26-29-16-21(27)25(32-26)20-15-28-22-9-7-6-8-19(20)22/h6-11,14-16,28H,5,12-13H2,1-4H3,(H,30,35)(H,29,31,32). The molecule has 0 radical (unpaired) electrons. The molecule has 1 amide bonds. The molecule has 0 atom stereocenters. The minimum absolute atomic E-state index is 0.128. The number of carbonyl (C=O) groups is 1. The summed E-state index contributed by atoms with van der Waals surface area (Å²) in [5.74, 6) is 0.285. The predicted molar refractivity (Wildman–Crippen MR) is 145 cm³/mol. The first-order valence-corrected chi connectivity index (χ1v) is 11.9. The number of para-hydroxylation sites is 1. The van der Waals surface area contributed by atoms with Gasteiger partial charge in [-0.25, -0.2) is 9.97 Å². The van der Waals surface area contributed by atoms with Crippen LogP contribution in [0.3, 0.4) is 0 Å². The van der Waals surface area contributed by atoms with Gasteiger partial charge >= 0.3 is 0 Å². The number of H-pyrrole nitrogens is 1. The Kier molecular flexibility index (Phi) is 7.53. The monoisotopic (exact) mass is 491 g/mol. The first-order chi connectivity index (χ1) is 16.9. The highest BCUT2D eigenvalue weighted by Crippen LogP contribution is 2.34. The van der Waals surface area contributed by atoms with Crippen LogP contribution in [-0.4, -0.2) is 59.5 Å². The summed E-state index contributed by atoms with van der Waals surface area (Å²) in [7, 11) is 4.10. The molecule has 182 valence electrons. The van der Waals surface area contributed by atoms with Gasteiger partial charge in [-0.3, -0.25) is 4.79 Å². The van der Waals surface area contributed by atoms with E-state index in [0.29, 0.717) is 16.7 Å². The van der Waals surface area contributed by atoms with E-state index in [1.807, 2.05) is 62.8 Å². The van der Waals surface area contributed by atoms with Crippen molar-refractivity contribution >= 4 is 51.4 Å². The van der Waals surface area contributed by atoms with E-state index in [1.165, 1.54) is 6.92 Å². The van der Waals surface area contributed by atoms with Gasteiger partial charge in [-0.1, -0.05) is 29.8 Å². The van der Waals surface area contributed by atoms with Crippen molar-refractivity contribution in [2.24, 2.45) is 0 Å². The number of hydrogen-bond donors (Lipinski definition) is 3. The van der Waals surface area contributed by atoms with Gasteiger partial charge in [0.2, 0.25) is 11.9 Å². The average molecular weight is 492 g/mol. The molecule has 0 aliphatic rings. The molecule has 35 heavy (non-hydrogen) atoms. The Morgan fingerprint density at radius 1 is 1.14 bits per heavy atom. The lowest BCUT2D eigenvalue weighted by molar-refractivity contribution is -0.114. The number of nitrogens with one attached hydrogen (secondary N) is 3. The Hall–Kier alpha value is -3.62. The Morgan fingerprint density at radius 3 is 2.69 bits per heavy atom. The maximum Gasteiger partial charge on any atom is 0.227 e. The maximum atomic E-state index is 11.9. The number of aromatic nitrogens is 3. The number of rotatable bonds is 9. The van der Waals surface area contributed by atoms with Gasteiger partial charge < -0.3 is 25.4 Å². The summed E-state index contributed by atoms with van der Waals surface area (Å²) in [5, 5.41) is 7.73. The number of carbonyl (C=O) groups excluding carboxylic acids is 1. The van der Waals surface area contributed by atoms with E-state index >= 15 is 0 Å². The van der Waals surface area contributed by atoms with Crippen LogP contribution in [0.25, 0.3) is 22.2 Å². The summed E-state index contributed by atoms with van der Waals surface area (Å²) >= 11 is 6.47. The van der Waals surface area contributed by atoms with Crippen molar-refractivity contribution in [3.8, 4) is 11.3 Å². The van der Waals surface area contributed by atoms with E-state index in [9.17, 15) is 4.79 Å². The lowest BCUT2D eigenvalue weighted by Gasteiger charge is -2.27. The van der Waals surface area contributed by atoms with Crippen molar-refractivity contribution < 1.29 is 4.79 Å². The molecular formula is C26H30ClN7O. The molecule has 4 aromatic rings. The number of nitrogens with zero attached hydrogens (tertiary/aromatic N) is 4. The van der Waals surface area contributed by atoms with Gasteiger partial charge in [0.15, 0.2) is 0 Å². The third-order valence-electron chi connectivity index (χ3n) is 5.69. The van der Waals surface area contributed by atoms with Crippen molar-refractivity contribution in [3.63, 3.8) is 0 Å². The zero-order valence-corrected chi connectivity index (χ0v) is 21.1. The van der Waals surface area contributed by atoms with Crippen molar-refractivity contribution in [2.75, 3.05) is 49.3 Å². The Bertz CT molecular complexity index is 1330. The minimum atomic E-state index is -0.128. The molecule has 0 spiro atoms. The molecule has 0 aliphatic carbocycles. The zero-order valence-electron chi connectivity index (χ0n) is 20.4. The van der Waals surface area contributed by atoms with Crippen molar-refractivity contribution in [1.29, 1.82) is 0 Å². The van der Waals surface area contributed by atoms with Crippen molar-refractivity contribution in [2.45, 2.75) is 13.8 Å². The number of amides is 1. The van der Waals surface area contributed by atoms with E-state index in [-0.39, 0.29) is 5.91 Å². The van der Waals surface area contributed by atoms with Crippen molar-refractivity contribution in [1.82, 2.24) is 19.9 Å². The van der Waals surface area contributed by atoms with E-state index < -0.39 is 0 Å². The summed E-state index contributed by atoms with van der Waals surface area (Å²) in [4.78, 5) is 28.6. The van der Waals surface area contributed by atoms with Crippen LogP contribution < -0.4 is 15.5 Å². The molecule has 3 N–H and O–H groups in total. The van der Waals surface area contributed by atoms with Crippen molar-refractivity contribution in [3.05, 3.63) is 59.9 Å². The van der Waals surface area contributed by atoms with E-state index in [2.05, 4.69) is 37.3 Å². The molecule has 0 unspecified atom stereocenters. The Balaban J connectivity index is 1.65. The fraction of sp³-hybridized carbons (Fsp3) is 0.269. The average Bonchev–Trinajstić information content (AvgIpc) is 3.25. The summed E-state index contributed by atoms with van der Waals surface area (Å²) in [6.45, 7) is 6.18. The van der Waals surface area contributed by atoms with Gasteiger partial charge in [-0.05, 0) is 45.3 Å². The third kappa shape index (κ3) is 5.72. The van der Waals surface area contributed by atoms with Crippen LogP contribution in [-0.2, 0) is 4.79 Å². The fourth-order valence-electron chi connectivity index (χ4n) is 3.96. The highest BCUT2D eigenvalue weighted by molar-refractivity contribution is 6.33. The third-order valence-corrected chi connectivity index (χ3v) is 5.97. The Labute approximate surface area is 210 Å². The molecule has 0 aliphatic heterocycles. The summed E-state index contributed by atoms with van der Waals surface area (Å²) in [6.07, 6.45) is 3.50. The molecule has 0 bridgehead atoms. The number of hydrogen-bond acceptors (Lipinski definition) is 6. The molecule has 0 fully saturated rings. The van der Waals surface area contributed by atoms with Gasteiger partial charge in [0.1, 0.15) is 0 Å². The lowest BCUT2D eigenvalue weighted by Crippen LogP contribution is -2.32. The first-order valence-electron chi connectivity index (χ1n) is 11.5. The second-order valence-corrected chi connectivity index (χ2v) is 8.97. The molecule has 2 aromatic carbocycles. The summed E-state index contributed by atoms with van der Waals surface area (Å²) in [5.41, 5.74) is 5.01. The largest absolute Gasteiger partial charge is 0.369 e. The van der Waals surface area contributed by atoms with E-state index in [1.54, 1.807) is 6.20 Å². The van der Waals surface area contributed by atoms with Crippen LogP contribution in [0.4, 0.5) is 23.0 Å². The fourth-order valence-corrected chi connectivity index (χ4v) is 4.15. The molecule has 8 nitrogen and oxygen atoms in total. The van der Waals surface area contributed by atoms with Crippen LogP contribution >= 0.6 is 11.6 Å². The van der Waals surface area contributed by atoms with Gasteiger partial charge in [-0.2, -0.15) is 0 Å². The molecule has 9 heteroatoms. The number of fused-ring (bicyclic) bond motifs is 1. The van der Waals surface area contributed by atoms with Gasteiger partial charge in [0.05, 0.1) is 28.3 Å². The molecular weight excluding hydrogens is 462 g/mol. The van der Waals surface area contributed by atoms with Crippen LogP contribution in [0.15, 0.2) is 54.9 Å². The minimum Gasteiger partial charge on any atom is -0.369 e. The normalized spacial score (nSPS) is 11.1. The number of anilines is 4. The zero-order chi connectivity index (χ0) is 24.9. The van der Waals surface area contributed by atoms with Gasteiger partial charge in [-0.15, -0.1) is 0 Å². The van der Waals surface area contributed by atoms with Crippen LogP contribution in [0, 0.1) is 0 Å². The van der Waals surface area contributed by atoms with Gasteiger partial charge in [0, 0.05) is 54.9 Å². The highest BCUT2D eigenvalue weighted by atomic mass is 35.5. The quantitative estimate of drug-likeness (QED) is 0.292. The molecule has 0 saturated carbocycles. The lowest BCUT2D eigenvalue weighted by atomic mass is 10.1. The summed E-state index contributed by atoms with van der Waals surface area (Å²) in [6, 6.07) is 13.9. The molecule has 4 rings (SSSR count). The number of aromatic amines is 1. The van der Waals surface area contributed by atoms with Crippen LogP contribution in [0.1, 0.15) is 13.8 Å². The number of likely N-dealkylation sites (N-methyl/N-ethyl adjacent to an activating group) is 2. The smallest absolute Gasteiger partial charge is 0.227 e. The van der Waals surface area contributed by atoms with Crippen LogP contribution in [0.5, 0.6) is 0 Å². The van der Waals surface area contributed by atoms with E-state index in [0.717, 1.165) is 53.2 Å². The molecule has 2 aromatic heterocycles. The predicted octanol–water partition coefficient (Wildman–Crippen LogP) is 5.37. The molecule has 2 heterocycles. The number of halogens is 1. The first kappa shape index (κ1) is 24.5.